The Labute approximate surface area is 188 Å². The quantitative estimate of drug-likeness (QED) is 0.413. The topological polar surface area (TPSA) is 114 Å². The Balaban J connectivity index is 2.77. The van der Waals surface area contributed by atoms with Crippen molar-refractivity contribution in [1.82, 2.24) is 10.6 Å². The highest BCUT2D eigenvalue weighted by Gasteiger charge is 2.26. The smallest absolute Gasteiger partial charge is 0.407 e. The molecule has 0 aliphatic heterocycles. The van der Waals surface area contributed by atoms with Crippen molar-refractivity contribution in [2.24, 2.45) is 0 Å². The van der Waals surface area contributed by atoms with E-state index in [1.165, 1.54) is 18.7 Å². The number of carbonyl (C=O) groups is 3. The average molecular weight is 455 g/mol. The Bertz CT molecular complexity index is 708. The first kappa shape index (κ1) is 26.8. The number of esters is 1. The lowest BCUT2D eigenvalue weighted by Gasteiger charge is -2.24. The van der Waals surface area contributed by atoms with E-state index < -0.39 is 35.7 Å². The Morgan fingerprint density at radius 2 is 1.77 bits per heavy atom. The van der Waals surface area contributed by atoms with E-state index in [1.807, 2.05) is 30.3 Å². The third-order valence-electron chi connectivity index (χ3n) is 4.04. The normalized spacial score (nSPS) is 14.2. The molecule has 9 heteroatoms. The summed E-state index contributed by atoms with van der Waals surface area (Å²) in [6.07, 6.45) is 0.0874. The number of benzene rings is 1. The number of aliphatic carboxylic acids is 1. The van der Waals surface area contributed by atoms with Gasteiger partial charge in [0.25, 0.3) is 0 Å². The molecule has 0 bridgehead atoms. The molecule has 0 aliphatic carbocycles. The molecule has 0 saturated carbocycles. The summed E-state index contributed by atoms with van der Waals surface area (Å²) in [7, 11) is 0. The Hall–Kier alpha value is -2.26. The highest BCUT2D eigenvalue weighted by Crippen LogP contribution is 2.13. The summed E-state index contributed by atoms with van der Waals surface area (Å²) in [5.74, 6) is -0.735. The van der Waals surface area contributed by atoms with Crippen molar-refractivity contribution in [2.75, 3.05) is 18.1 Å². The van der Waals surface area contributed by atoms with Crippen molar-refractivity contribution in [1.29, 1.82) is 0 Å². The van der Waals surface area contributed by atoms with Crippen LogP contribution in [-0.4, -0.2) is 65.0 Å². The van der Waals surface area contributed by atoms with Crippen LogP contribution in [0.1, 0.15) is 40.2 Å². The number of carbonyl (C=O) groups excluding carboxylic acids is 2. The van der Waals surface area contributed by atoms with Crippen molar-refractivity contribution in [3.63, 3.8) is 0 Å². The number of carboxylic acids is 1. The van der Waals surface area contributed by atoms with Crippen LogP contribution in [0.4, 0.5) is 4.79 Å². The summed E-state index contributed by atoms with van der Waals surface area (Å²) in [4.78, 5) is 35.7. The number of nitrogens with one attached hydrogen (secondary N) is 2. The van der Waals surface area contributed by atoms with Gasteiger partial charge in [0, 0.05) is 17.5 Å². The lowest BCUT2D eigenvalue weighted by atomic mass is 10.1. The van der Waals surface area contributed by atoms with Gasteiger partial charge in [-0.3, -0.25) is 14.9 Å². The first-order chi connectivity index (χ1) is 14.5. The van der Waals surface area contributed by atoms with Gasteiger partial charge in [-0.15, -0.1) is 0 Å². The molecule has 1 amide bonds. The highest BCUT2D eigenvalue weighted by molar-refractivity contribution is 7.99. The zero-order chi connectivity index (χ0) is 23.4. The van der Waals surface area contributed by atoms with E-state index in [0.717, 1.165) is 5.56 Å². The number of hydrogen-bond donors (Lipinski definition) is 3. The van der Waals surface area contributed by atoms with E-state index in [1.54, 1.807) is 27.7 Å². The molecule has 0 heterocycles. The maximum absolute atomic E-state index is 12.3. The molecule has 0 spiro atoms. The molecule has 31 heavy (non-hydrogen) atoms. The fourth-order valence-electron chi connectivity index (χ4n) is 2.65. The number of rotatable bonds is 12. The van der Waals surface area contributed by atoms with Crippen molar-refractivity contribution < 1.29 is 29.0 Å². The third kappa shape index (κ3) is 11.6. The molecule has 1 aromatic rings. The van der Waals surface area contributed by atoms with Gasteiger partial charge in [0.2, 0.25) is 0 Å². The van der Waals surface area contributed by atoms with Crippen LogP contribution in [-0.2, 0) is 25.5 Å². The molecular weight excluding hydrogens is 420 g/mol. The SMILES string of the molecule is CCOC(=O)[C@H](CSC[C@@H](Cc1ccccc1)NC(=O)OC(C)(C)C)N[C@@H](C)C(=O)O. The first-order valence-corrected chi connectivity index (χ1v) is 11.4. The van der Waals surface area contributed by atoms with Gasteiger partial charge in [-0.25, -0.2) is 4.79 Å². The van der Waals surface area contributed by atoms with Gasteiger partial charge >= 0.3 is 18.0 Å². The monoisotopic (exact) mass is 454 g/mol. The number of thioether (sulfide) groups is 1. The van der Waals surface area contributed by atoms with Crippen molar-refractivity contribution in [3.05, 3.63) is 35.9 Å². The van der Waals surface area contributed by atoms with E-state index in [9.17, 15) is 14.4 Å². The number of hydrogen-bond acceptors (Lipinski definition) is 7. The fourth-order valence-corrected chi connectivity index (χ4v) is 3.74. The second-order valence-corrected chi connectivity index (χ2v) is 9.18. The van der Waals surface area contributed by atoms with Crippen LogP contribution in [0.5, 0.6) is 0 Å². The summed E-state index contributed by atoms with van der Waals surface area (Å²) in [6.45, 7) is 8.77. The average Bonchev–Trinajstić information content (AvgIpc) is 2.66. The van der Waals surface area contributed by atoms with E-state index in [4.69, 9.17) is 14.6 Å². The second kappa shape index (κ2) is 13.2. The summed E-state index contributed by atoms with van der Waals surface area (Å²) >= 11 is 1.43. The maximum Gasteiger partial charge on any atom is 0.407 e. The molecule has 0 saturated heterocycles. The summed E-state index contributed by atoms with van der Waals surface area (Å²) in [5.41, 5.74) is 0.448. The molecule has 174 valence electrons. The second-order valence-electron chi connectivity index (χ2n) is 8.10. The van der Waals surface area contributed by atoms with Crippen molar-refractivity contribution >= 4 is 29.8 Å². The van der Waals surface area contributed by atoms with Crippen molar-refractivity contribution in [2.45, 2.75) is 64.8 Å². The van der Waals surface area contributed by atoms with Gasteiger partial charge in [0.15, 0.2) is 0 Å². The largest absolute Gasteiger partial charge is 0.480 e. The van der Waals surface area contributed by atoms with Crippen LogP contribution in [0, 0.1) is 0 Å². The summed E-state index contributed by atoms with van der Waals surface area (Å²) in [5, 5.41) is 14.8. The predicted octanol–water partition coefficient (Wildman–Crippen LogP) is 2.85. The van der Waals surface area contributed by atoms with E-state index >= 15 is 0 Å². The fraction of sp³-hybridized carbons (Fsp3) is 0.591. The number of amides is 1. The van der Waals surface area contributed by atoms with Crippen LogP contribution in [0.3, 0.4) is 0 Å². The number of carboxylic acid groups (broad SMARTS) is 1. The van der Waals surface area contributed by atoms with Gasteiger partial charge in [-0.2, -0.15) is 11.8 Å². The molecule has 0 fully saturated rings. The maximum atomic E-state index is 12.3. The molecule has 8 nitrogen and oxygen atoms in total. The molecule has 1 aromatic carbocycles. The van der Waals surface area contributed by atoms with Gasteiger partial charge in [0.05, 0.1) is 6.61 Å². The Kier molecular flexibility index (Phi) is 11.4. The third-order valence-corrected chi connectivity index (χ3v) is 5.25. The Morgan fingerprint density at radius 1 is 1.13 bits per heavy atom. The van der Waals surface area contributed by atoms with Crippen LogP contribution in [0.15, 0.2) is 30.3 Å². The zero-order valence-electron chi connectivity index (χ0n) is 18.8. The van der Waals surface area contributed by atoms with Gasteiger partial charge in [-0.1, -0.05) is 30.3 Å². The molecule has 0 aromatic heterocycles. The molecule has 3 atom stereocenters. The molecule has 0 aliphatic rings. The predicted molar refractivity (Wildman–Crippen MR) is 121 cm³/mol. The molecular formula is C22H34N2O6S. The van der Waals surface area contributed by atoms with Gasteiger partial charge in [-0.05, 0) is 46.6 Å². The first-order valence-electron chi connectivity index (χ1n) is 10.3. The minimum atomic E-state index is -1.05. The number of alkyl carbamates (subject to hydrolysis) is 1. The van der Waals surface area contributed by atoms with Gasteiger partial charge in [0.1, 0.15) is 17.7 Å². The highest BCUT2D eigenvalue weighted by atomic mass is 32.2. The summed E-state index contributed by atoms with van der Waals surface area (Å²) < 4.78 is 10.4. The van der Waals surface area contributed by atoms with Crippen LogP contribution >= 0.6 is 11.8 Å². The molecule has 3 N–H and O–H groups in total. The minimum absolute atomic E-state index is 0.208. The molecule has 0 unspecified atom stereocenters. The standard InChI is InChI=1S/C22H34N2O6S/c1-6-29-20(27)18(23-15(2)19(25)26)14-31-13-17(12-16-10-8-7-9-11-16)24-21(28)30-22(3,4)5/h7-11,15,17-18,23H,6,12-14H2,1-5H3,(H,24,28)(H,25,26)/t15-,17+,18-/m0/s1. The lowest BCUT2D eigenvalue weighted by molar-refractivity contribution is -0.146. The Morgan fingerprint density at radius 3 is 2.32 bits per heavy atom. The van der Waals surface area contributed by atoms with Crippen molar-refractivity contribution in [3.8, 4) is 0 Å². The van der Waals surface area contributed by atoms with E-state index in [0.29, 0.717) is 17.9 Å². The summed E-state index contributed by atoms with van der Waals surface area (Å²) in [6, 6.07) is 7.85. The van der Waals surface area contributed by atoms with Crippen LogP contribution < -0.4 is 10.6 Å². The van der Waals surface area contributed by atoms with E-state index in [-0.39, 0.29) is 12.6 Å². The van der Waals surface area contributed by atoms with Crippen LogP contribution in [0.2, 0.25) is 0 Å². The van der Waals surface area contributed by atoms with Crippen LogP contribution in [0.25, 0.3) is 0 Å². The molecule has 0 radical (unpaired) electrons. The lowest BCUT2D eigenvalue weighted by Crippen LogP contribution is -2.48. The molecule has 1 rings (SSSR count). The minimum Gasteiger partial charge on any atom is -0.480 e. The van der Waals surface area contributed by atoms with Gasteiger partial charge < -0.3 is 19.9 Å². The zero-order valence-corrected chi connectivity index (χ0v) is 19.7. The van der Waals surface area contributed by atoms with E-state index in [2.05, 4.69) is 10.6 Å². The number of ether oxygens (including phenoxy) is 2.